The van der Waals surface area contributed by atoms with E-state index < -0.39 is 10.0 Å². The van der Waals surface area contributed by atoms with Crippen molar-refractivity contribution in [3.63, 3.8) is 0 Å². The molecule has 1 aliphatic carbocycles. The van der Waals surface area contributed by atoms with Crippen molar-refractivity contribution in [2.45, 2.75) is 42.6 Å². The maximum atomic E-state index is 11.5. The fraction of sp³-hybridized carbons (Fsp3) is 0.500. The first-order valence-corrected chi connectivity index (χ1v) is 7.33. The molecule has 0 spiro atoms. The Morgan fingerprint density at radius 1 is 1.24 bits per heavy atom. The van der Waals surface area contributed by atoms with E-state index in [4.69, 9.17) is 5.14 Å². The number of sulfonamides is 1. The van der Waals surface area contributed by atoms with Gasteiger partial charge in [-0.1, -0.05) is 24.6 Å². The normalized spacial score (nSPS) is 25.8. The minimum atomic E-state index is -3.68. The Balaban J connectivity index is 2.38. The molecule has 1 saturated carbocycles. The van der Waals surface area contributed by atoms with Gasteiger partial charge in [0.25, 0.3) is 0 Å². The van der Waals surface area contributed by atoms with Crippen LogP contribution in [-0.2, 0) is 10.0 Å². The summed E-state index contributed by atoms with van der Waals surface area (Å²) in [6.07, 6.45) is 2.91. The molecule has 17 heavy (non-hydrogen) atoms. The van der Waals surface area contributed by atoms with Crippen molar-refractivity contribution in [3.8, 4) is 0 Å². The van der Waals surface area contributed by atoms with Gasteiger partial charge in [0, 0.05) is 0 Å². The monoisotopic (exact) mass is 255 g/mol. The number of rotatable bonds is 2. The molecule has 0 aliphatic heterocycles. The van der Waals surface area contributed by atoms with Crippen LogP contribution in [0.15, 0.2) is 29.2 Å². The Kier molecular flexibility index (Phi) is 3.51. The molecule has 2 rings (SSSR count). The lowest BCUT2D eigenvalue weighted by Crippen LogP contribution is -2.21. The minimum absolute atomic E-state index is 0.0910. The van der Waals surface area contributed by atoms with Gasteiger partial charge in [-0.2, -0.15) is 0 Å². The van der Waals surface area contributed by atoms with Crippen molar-refractivity contribution in [1.29, 1.82) is 0 Å². The zero-order valence-electron chi connectivity index (χ0n) is 9.54. The highest BCUT2D eigenvalue weighted by atomic mass is 32.2. The zero-order valence-corrected chi connectivity index (χ0v) is 10.4. The maximum Gasteiger partial charge on any atom is 0.238 e. The number of aliphatic hydroxyl groups excluding tert-OH is 1. The van der Waals surface area contributed by atoms with Gasteiger partial charge in [0.15, 0.2) is 0 Å². The van der Waals surface area contributed by atoms with Crippen LogP contribution in [0.2, 0.25) is 0 Å². The van der Waals surface area contributed by atoms with E-state index in [1.807, 2.05) is 6.07 Å². The van der Waals surface area contributed by atoms with Gasteiger partial charge in [0.1, 0.15) is 0 Å². The molecule has 1 aliphatic rings. The summed E-state index contributed by atoms with van der Waals surface area (Å²) in [7, 11) is -3.68. The average molecular weight is 255 g/mol. The van der Waals surface area contributed by atoms with Gasteiger partial charge in [-0.3, -0.25) is 0 Å². The molecule has 94 valence electrons. The Labute approximate surface area is 102 Å². The van der Waals surface area contributed by atoms with Gasteiger partial charge in [0.2, 0.25) is 10.0 Å². The average Bonchev–Trinajstić information content (AvgIpc) is 2.28. The standard InChI is InChI=1S/C12H17NO3S/c13-17(15,16)12-7-2-1-6-11(12)9-4-3-5-10(14)8-9/h1-2,6-7,9-10,14H,3-5,8H2,(H2,13,15,16). The molecular formula is C12H17NO3S. The third-order valence-electron chi connectivity index (χ3n) is 3.31. The van der Waals surface area contributed by atoms with E-state index in [1.165, 1.54) is 6.07 Å². The quantitative estimate of drug-likeness (QED) is 0.837. The third kappa shape index (κ3) is 2.86. The number of nitrogens with two attached hydrogens (primary N) is 1. The first-order chi connectivity index (χ1) is 7.98. The molecule has 0 heterocycles. The van der Waals surface area contributed by atoms with E-state index in [0.29, 0.717) is 6.42 Å². The van der Waals surface area contributed by atoms with Gasteiger partial charge in [-0.15, -0.1) is 0 Å². The molecule has 3 N–H and O–H groups in total. The van der Waals surface area contributed by atoms with Crippen LogP contribution in [0.3, 0.4) is 0 Å². The van der Waals surface area contributed by atoms with Crippen LogP contribution in [0.1, 0.15) is 37.2 Å². The molecule has 0 radical (unpaired) electrons. The van der Waals surface area contributed by atoms with Crippen molar-refractivity contribution in [3.05, 3.63) is 29.8 Å². The van der Waals surface area contributed by atoms with Gasteiger partial charge in [-0.05, 0) is 36.8 Å². The van der Waals surface area contributed by atoms with Crippen LogP contribution in [0.25, 0.3) is 0 Å². The maximum absolute atomic E-state index is 11.5. The summed E-state index contributed by atoms with van der Waals surface area (Å²) in [4.78, 5) is 0.194. The second kappa shape index (κ2) is 4.76. The van der Waals surface area contributed by atoms with Crippen LogP contribution in [0.5, 0.6) is 0 Å². The molecule has 2 atom stereocenters. The number of aliphatic hydroxyl groups is 1. The predicted octanol–water partition coefficient (Wildman–Crippen LogP) is 1.35. The van der Waals surface area contributed by atoms with E-state index in [9.17, 15) is 13.5 Å². The van der Waals surface area contributed by atoms with Crippen molar-refractivity contribution in [2.24, 2.45) is 5.14 Å². The second-order valence-electron chi connectivity index (χ2n) is 4.60. The van der Waals surface area contributed by atoms with Gasteiger partial charge in [-0.25, -0.2) is 13.6 Å². The lowest BCUT2D eigenvalue weighted by atomic mass is 9.82. The Morgan fingerprint density at radius 3 is 2.59 bits per heavy atom. The van der Waals surface area contributed by atoms with Crippen molar-refractivity contribution in [2.75, 3.05) is 0 Å². The number of hydrogen-bond acceptors (Lipinski definition) is 3. The third-order valence-corrected chi connectivity index (χ3v) is 4.30. The van der Waals surface area contributed by atoms with Crippen molar-refractivity contribution in [1.82, 2.24) is 0 Å². The fourth-order valence-electron chi connectivity index (χ4n) is 2.52. The van der Waals surface area contributed by atoms with Crippen molar-refractivity contribution < 1.29 is 13.5 Å². The highest BCUT2D eigenvalue weighted by Gasteiger charge is 2.25. The smallest absolute Gasteiger partial charge is 0.238 e. The Morgan fingerprint density at radius 2 is 1.94 bits per heavy atom. The number of benzene rings is 1. The van der Waals surface area contributed by atoms with Gasteiger partial charge >= 0.3 is 0 Å². The summed E-state index contributed by atoms with van der Waals surface area (Å²) in [6, 6.07) is 6.81. The van der Waals surface area contributed by atoms with Crippen molar-refractivity contribution >= 4 is 10.0 Å². The van der Waals surface area contributed by atoms with E-state index in [0.717, 1.165) is 24.8 Å². The molecule has 0 saturated heterocycles. The first kappa shape index (κ1) is 12.5. The molecule has 5 heteroatoms. The predicted molar refractivity (Wildman–Crippen MR) is 65.0 cm³/mol. The summed E-state index contributed by atoms with van der Waals surface area (Å²) < 4.78 is 23.0. The lowest BCUT2D eigenvalue weighted by molar-refractivity contribution is 0.119. The molecule has 1 aromatic rings. The largest absolute Gasteiger partial charge is 0.393 e. The topological polar surface area (TPSA) is 80.4 Å². The van der Waals surface area contributed by atoms with E-state index in [1.54, 1.807) is 12.1 Å². The van der Waals surface area contributed by atoms with Crippen LogP contribution in [-0.4, -0.2) is 19.6 Å². The van der Waals surface area contributed by atoms with Crippen LogP contribution >= 0.6 is 0 Å². The van der Waals surface area contributed by atoms with Crippen LogP contribution < -0.4 is 5.14 Å². The van der Waals surface area contributed by atoms with Gasteiger partial charge in [0.05, 0.1) is 11.0 Å². The van der Waals surface area contributed by atoms with E-state index in [-0.39, 0.29) is 16.9 Å². The Hall–Kier alpha value is -0.910. The number of hydrogen-bond donors (Lipinski definition) is 2. The van der Waals surface area contributed by atoms with Crippen LogP contribution in [0, 0.1) is 0 Å². The molecule has 0 aromatic heterocycles. The summed E-state index contributed by atoms with van der Waals surface area (Å²) in [5, 5.41) is 14.9. The second-order valence-corrected chi connectivity index (χ2v) is 6.13. The van der Waals surface area contributed by atoms with Crippen LogP contribution in [0.4, 0.5) is 0 Å². The SMILES string of the molecule is NS(=O)(=O)c1ccccc1C1CCCC(O)C1. The molecule has 0 amide bonds. The molecular weight excluding hydrogens is 238 g/mol. The van der Waals surface area contributed by atoms with Gasteiger partial charge < -0.3 is 5.11 Å². The summed E-state index contributed by atoms with van der Waals surface area (Å²) in [5.41, 5.74) is 0.744. The number of primary sulfonamides is 1. The summed E-state index contributed by atoms with van der Waals surface area (Å²) in [5.74, 6) is 0.0910. The highest BCUT2D eigenvalue weighted by Crippen LogP contribution is 2.35. The minimum Gasteiger partial charge on any atom is -0.393 e. The molecule has 2 unspecified atom stereocenters. The molecule has 4 nitrogen and oxygen atoms in total. The zero-order chi connectivity index (χ0) is 12.5. The Bertz CT molecular complexity index is 498. The molecule has 0 bridgehead atoms. The lowest BCUT2D eigenvalue weighted by Gasteiger charge is -2.27. The highest BCUT2D eigenvalue weighted by molar-refractivity contribution is 7.89. The van der Waals surface area contributed by atoms with E-state index in [2.05, 4.69) is 0 Å². The fourth-order valence-corrected chi connectivity index (χ4v) is 3.35. The first-order valence-electron chi connectivity index (χ1n) is 5.78. The van der Waals surface area contributed by atoms with E-state index >= 15 is 0 Å². The summed E-state index contributed by atoms with van der Waals surface area (Å²) in [6.45, 7) is 0. The summed E-state index contributed by atoms with van der Waals surface area (Å²) >= 11 is 0. The molecule has 1 fully saturated rings. The molecule has 1 aromatic carbocycles.